The first-order chi connectivity index (χ1) is 10.2. The summed E-state index contributed by atoms with van der Waals surface area (Å²) >= 11 is 5.92. The molecule has 1 aromatic carbocycles. The fraction of sp³-hybridized carbons (Fsp3) is 0.500. The highest BCUT2D eigenvalue weighted by atomic mass is 35.5. The average Bonchev–Trinajstić information content (AvgIpc) is 3.00. The van der Waals surface area contributed by atoms with E-state index >= 15 is 0 Å². The summed E-state index contributed by atoms with van der Waals surface area (Å²) in [5, 5.41) is 8.34. The van der Waals surface area contributed by atoms with Crippen LogP contribution in [0, 0.1) is 0 Å². The van der Waals surface area contributed by atoms with E-state index in [-0.39, 0.29) is 5.41 Å². The molecule has 21 heavy (non-hydrogen) atoms. The molecular formula is C16H20ClN3O. The van der Waals surface area contributed by atoms with Crippen LogP contribution in [0.4, 0.5) is 0 Å². The number of rotatable bonds is 4. The number of nitrogens with one attached hydrogen (secondary N) is 1. The van der Waals surface area contributed by atoms with Gasteiger partial charge in [-0.15, -0.1) is 0 Å². The van der Waals surface area contributed by atoms with Crippen molar-refractivity contribution in [3.8, 4) is 11.4 Å². The van der Waals surface area contributed by atoms with Gasteiger partial charge < -0.3 is 9.84 Å². The van der Waals surface area contributed by atoms with E-state index in [1.54, 1.807) is 0 Å². The first-order valence-electron chi connectivity index (χ1n) is 7.54. The van der Waals surface area contributed by atoms with Gasteiger partial charge in [0.2, 0.25) is 11.7 Å². The molecule has 1 fully saturated rings. The van der Waals surface area contributed by atoms with Crippen molar-refractivity contribution in [3.05, 3.63) is 35.2 Å². The van der Waals surface area contributed by atoms with E-state index in [1.165, 1.54) is 0 Å². The van der Waals surface area contributed by atoms with Crippen LogP contribution in [0.5, 0.6) is 0 Å². The predicted octanol–water partition coefficient (Wildman–Crippen LogP) is 3.81. The minimum Gasteiger partial charge on any atom is -0.338 e. The summed E-state index contributed by atoms with van der Waals surface area (Å²) in [5.41, 5.74) is 0.926. The van der Waals surface area contributed by atoms with Crippen LogP contribution >= 0.6 is 11.6 Å². The Hall–Kier alpha value is -1.39. The highest BCUT2D eigenvalue weighted by Gasteiger charge is 2.38. The minimum absolute atomic E-state index is 0.00925. The van der Waals surface area contributed by atoms with Gasteiger partial charge in [0.05, 0.1) is 5.41 Å². The third-order valence-corrected chi connectivity index (χ3v) is 4.43. The van der Waals surface area contributed by atoms with Crippen LogP contribution in [0.15, 0.2) is 28.8 Å². The predicted molar refractivity (Wildman–Crippen MR) is 83.4 cm³/mol. The number of halogens is 1. The molecule has 0 radical (unpaired) electrons. The van der Waals surface area contributed by atoms with Crippen LogP contribution in [0.2, 0.25) is 5.02 Å². The summed E-state index contributed by atoms with van der Waals surface area (Å²) in [6.07, 6.45) is 4.44. The molecule has 0 saturated carbocycles. The molecule has 1 N–H and O–H groups in total. The van der Waals surface area contributed by atoms with Gasteiger partial charge in [-0.1, -0.05) is 30.1 Å². The van der Waals surface area contributed by atoms with Crippen molar-refractivity contribution in [2.75, 3.05) is 13.1 Å². The minimum atomic E-state index is -0.00925. The average molecular weight is 306 g/mol. The van der Waals surface area contributed by atoms with Gasteiger partial charge in [-0.25, -0.2) is 0 Å². The summed E-state index contributed by atoms with van der Waals surface area (Å²) in [5.74, 6) is 1.41. The molecule has 1 unspecified atom stereocenters. The molecule has 1 atom stereocenters. The van der Waals surface area contributed by atoms with Crippen molar-refractivity contribution < 1.29 is 4.52 Å². The van der Waals surface area contributed by atoms with Crippen LogP contribution in [0.25, 0.3) is 11.4 Å². The second-order valence-electron chi connectivity index (χ2n) is 5.74. The first kappa shape index (κ1) is 14.5. The summed E-state index contributed by atoms with van der Waals surface area (Å²) in [6, 6.07) is 7.53. The molecule has 1 aliphatic heterocycles. The van der Waals surface area contributed by atoms with Crippen molar-refractivity contribution in [2.45, 2.75) is 38.0 Å². The zero-order chi connectivity index (χ0) is 14.7. The Morgan fingerprint density at radius 3 is 2.81 bits per heavy atom. The van der Waals surface area contributed by atoms with E-state index in [4.69, 9.17) is 16.1 Å². The van der Waals surface area contributed by atoms with Crippen molar-refractivity contribution in [2.24, 2.45) is 0 Å². The molecule has 1 saturated heterocycles. The molecule has 0 aliphatic carbocycles. The van der Waals surface area contributed by atoms with Gasteiger partial charge in [0.25, 0.3) is 0 Å². The summed E-state index contributed by atoms with van der Waals surface area (Å²) in [6.45, 7) is 4.19. The highest BCUT2D eigenvalue weighted by molar-refractivity contribution is 6.30. The van der Waals surface area contributed by atoms with E-state index in [0.29, 0.717) is 10.8 Å². The molecule has 2 aromatic rings. The van der Waals surface area contributed by atoms with Crippen LogP contribution in [0.3, 0.4) is 0 Å². The maximum Gasteiger partial charge on any atom is 0.234 e. The maximum absolute atomic E-state index is 5.92. The Kier molecular flexibility index (Phi) is 4.27. The van der Waals surface area contributed by atoms with Crippen molar-refractivity contribution in [1.29, 1.82) is 0 Å². The number of aromatic nitrogens is 2. The highest BCUT2D eigenvalue weighted by Crippen LogP contribution is 2.35. The molecular weight excluding hydrogens is 286 g/mol. The fourth-order valence-corrected chi connectivity index (χ4v) is 3.23. The number of piperidine rings is 1. The Labute approximate surface area is 129 Å². The molecule has 112 valence electrons. The normalized spacial score (nSPS) is 22.4. The van der Waals surface area contributed by atoms with Crippen LogP contribution in [-0.4, -0.2) is 23.2 Å². The van der Waals surface area contributed by atoms with Crippen LogP contribution < -0.4 is 5.32 Å². The lowest BCUT2D eigenvalue weighted by molar-refractivity contribution is 0.213. The lowest BCUT2D eigenvalue weighted by Crippen LogP contribution is -2.43. The van der Waals surface area contributed by atoms with Gasteiger partial charge in [0.15, 0.2) is 0 Å². The third kappa shape index (κ3) is 2.97. The zero-order valence-corrected chi connectivity index (χ0v) is 13.0. The largest absolute Gasteiger partial charge is 0.338 e. The molecule has 0 spiro atoms. The monoisotopic (exact) mass is 305 g/mol. The lowest BCUT2D eigenvalue weighted by atomic mass is 9.77. The smallest absolute Gasteiger partial charge is 0.234 e. The van der Waals surface area contributed by atoms with Crippen molar-refractivity contribution in [3.63, 3.8) is 0 Å². The lowest BCUT2D eigenvalue weighted by Gasteiger charge is -2.34. The first-order valence-corrected chi connectivity index (χ1v) is 7.92. The molecule has 0 amide bonds. The molecule has 3 rings (SSSR count). The number of hydrogen-bond acceptors (Lipinski definition) is 4. The second-order valence-corrected chi connectivity index (χ2v) is 6.18. The number of hydrogen-bond donors (Lipinski definition) is 1. The van der Waals surface area contributed by atoms with E-state index in [9.17, 15) is 0 Å². The summed E-state index contributed by atoms with van der Waals surface area (Å²) in [4.78, 5) is 4.66. The van der Waals surface area contributed by atoms with Gasteiger partial charge in [-0.2, -0.15) is 4.98 Å². The van der Waals surface area contributed by atoms with Crippen molar-refractivity contribution in [1.82, 2.24) is 15.5 Å². The molecule has 1 aliphatic rings. The van der Waals surface area contributed by atoms with Crippen LogP contribution in [0.1, 0.15) is 38.5 Å². The van der Waals surface area contributed by atoms with E-state index in [2.05, 4.69) is 22.4 Å². The summed E-state index contributed by atoms with van der Waals surface area (Å²) in [7, 11) is 0. The van der Waals surface area contributed by atoms with E-state index in [1.807, 2.05) is 24.3 Å². The molecule has 4 nitrogen and oxygen atoms in total. The van der Waals surface area contributed by atoms with Crippen LogP contribution in [-0.2, 0) is 5.41 Å². The Morgan fingerprint density at radius 1 is 1.33 bits per heavy atom. The van der Waals surface area contributed by atoms with E-state index in [0.717, 1.165) is 50.2 Å². The zero-order valence-electron chi connectivity index (χ0n) is 12.2. The standard InChI is InChI=1S/C16H20ClN3O/c1-2-8-16(9-3-10-18-11-16)15-19-14(20-21-15)12-4-6-13(17)7-5-12/h4-7,18H,2-3,8-11H2,1H3. The SMILES string of the molecule is CCCC1(c2nc(-c3ccc(Cl)cc3)no2)CCCNC1. The number of benzene rings is 1. The Bertz CT molecular complexity index is 582. The van der Waals surface area contributed by atoms with Crippen molar-refractivity contribution >= 4 is 11.6 Å². The van der Waals surface area contributed by atoms with Gasteiger partial charge in [0.1, 0.15) is 0 Å². The summed E-state index contributed by atoms with van der Waals surface area (Å²) < 4.78 is 5.61. The Morgan fingerprint density at radius 2 is 2.14 bits per heavy atom. The van der Waals surface area contributed by atoms with Gasteiger partial charge in [0, 0.05) is 17.1 Å². The topological polar surface area (TPSA) is 51.0 Å². The van der Waals surface area contributed by atoms with Gasteiger partial charge in [-0.3, -0.25) is 0 Å². The molecule has 0 bridgehead atoms. The number of nitrogens with zero attached hydrogens (tertiary/aromatic N) is 2. The maximum atomic E-state index is 5.92. The second kappa shape index (κ2) is 6.16. The fourth-order valence-electron chi connectivity index (χ4n) is 3.10. The molecule has 2 heterocycles. The van der Waals surface area contributed by atoms with Gasteiger partial charge in [-0.05, 0) is 50.1 Å². The van der Waals surface area contributed by atoms with E-state index < -0.39 is 0 Å². The Balaban J connectivity index is 1.90. The van der Waals surface area contributed by atoms with Gasteiger partial charge >= 0.3 is 0 Å². The third-order valence-electron chi connectivity index (χ3n) is 4.18. The quantitative estimate of drug-likeness (QED) is 0.933. The molecule has 5 heteroatoms. The molecule has 1 aromatic heterocycles.